The summed E-state index contributed by atoms with van der Waals surface area (Å²) in [6.45, 7) is 1.20. The molecule has 0 unspecified atom stereocenters. The van der Waals surface area contributed by atoms with Gasteiger partial charge >= 0.3 is 0 Å². The smallest absolute Gasteiger partial charge is 0.257 e. The fourth-order valence-electron chi connectivity index (χ4n) is 2.95. The average molecular weight is 366 g/mol. The second-order valence-electron chi connectivity index (χ2n) is 6.10. The molecule has 1 amide bonds. The number of methoxy groups -OCH3 is 1. The van der Waals surface area contributed by atoms with E-state index in [2.05, 4.69) is 10.3 Å². The molecule has 0 atom stereocenters. The van der Waals surface area contributed by atoms with E-state index < -0.39 is 5.91 Å². The minimum absolute atomic E-state index is 0.0488. The van der Waals surface area contributed by atoms with Crippen LogP contribution in [0.5, 0.6) is 17.2 Å². The van der Waals surface area contributed by atoms with Gasteiger partial charge in [-0.1, -0.05) is 12.1 Å². The lowest BCUT2D eigenvalue weighted by Crippen LogP contribution is -2.28. The van der Waals surface area contributed by atoms with Crippen LogP contribution < -0.4 is 25.0 Å². The van der Waals surface area contributed by atoms with Crippen LogP contribution in [0.1, 0.15) is 15.9 Å². The SMILES string of the molecule is COc1ccc(CNC(=O)c2c[nH]c3cc4c(cc3c2=O)OCCO4)cc1. The third kappa shape index (κ3) is 3.31. The Morgan fingerprint density at radius 3 is 2.56 bits per heavy atom. The van der Waals surface area contributed by atoms with Gasteiger partial charge in [0, 0.05) is 18.8 Å². The van der Waals surface area contributed by atoms with E-state index in [0.29, 0.717) is 42.2 Å². The molecule has 7 nitrogen and oxygen atoms in total. The summed E-state index contributed by atoms with van der Waals surface area (Å²) in [4.78, 5) is 28.2. The highest BCUT2D eigenvalue weighted by molar-refractivity contribution is 5.97. The number of amides is 1. The largest absolute Gasteiger partial charge is 0.497 e. The summed E-state index contributed by atoms with van der Waals surface area (Å²) < 4.78 is 16.1. The lowest BCUT2D eigenvalue weighted by molar-refractivity contribution is 0.0949. The van der Waals surface area contributed by atoms with E-state index in [9.17, 15) is 9.59 Å². The van der Waals surface area contributed by atoms with Gasteiger partial charge in [-0.05, 0) is 23.8 Å². The highest BCUT2D eigenvalue weighted by Gasteiger charge is 2.17. The van der Waals surface area contributed by atoms with Crippen molar-refractivity contribution in [3.63, 3.8) is 0 Å². The fraction of sp³-hybridized carbons (Fsp3) is 0.200. The van der Waals surface area contributed by atoms with Crippen molar-refractivity contribution in [2.45, 2.75) is 6.54 Å². The predicted octanol–water partition coefficient (Wildman–Crippen LogP) is 2.24. The van der Waals surface area contributed by atoms with Crippen molar-refractivity contribution in [2.75, 3.05) is 20.3 Å². The summed E-state index contributed by atoms with van der Waals surface area (Å²) in [5.41, 5.74) is 1.19. The summed E-state index contributed by atoms with van der Waals surface area (Å²) >= 11 is 0. The normalized spacial score (nSPS) is 12.6. The van der Waals surface area contributed by atoms with Gasteiger partial charge in [0.2, 0.25) is 5.43 Å². The standard InChI is InChI=1S/C20H18N2O5/c1-25-13-4-2-12(3-5-13)10-22-20(24)15-11-21-16-9-18-17(26-6-7-27-18)8-14(16)19(15)23/h2-5,8-9,11H,6-7,10H2,1H3,(H,21,23)(H,22,24). The second kappa shape index (κ2) is 7.03. The van der Waals surface area contributed by atoms with E-state index >= 15 is 0 Å². The van der Waals surface area contributed by atoms with E-state index in [0.717, 1.165) is 11.3 Å². The molecule has 7 heteroatoms. The first-order chi connectivity index (χ1) is 13.2. The summed E-state index contributed by atoms with van der Waals surface area (Å²) in [6, 6.07) is 10.7. The number of fused-ring (bicyclic) bond motifs is 2. The number of carbonyl (C=O) groups excluding carboxylic acids is 1. The molecule has 27 heavy (non-hydrogen) atoms. The lowest BCUT2D eigenvalue weighted by atomic mass is 10.1. The number of pyridine rings is 1. The van der Waals surface area contributed by atoms with Crippen molar-refractivity contribution in [2.24, 2.45) is 0 Å². The Kier molecular flexibility index (Phi) is 4.42. The first-order valence-corrected chi connectivity index (χ1v) is 8.52. The van der Waals surface area contributed by atoms with Crippen molar-refractivity contribution in [1.29, 1.82) is 0 Å². The van der Waals surface area contributed by atoms with Crippen molar-refractivity contribution in [3.05, 3.63) is 63.9 Å². The van der Waals surface area contributed by atoms with E-state index in [1.807, 2.05) is 24.3 Å². The highest BCUT2D eigenvalue weighted by atomic mass is 16.6. The number of aromatic amines is 1. The molecule has 0 radical (unpaired) electrons. The van der Waals surface area contributed by atoms with Crippen LogP contribution in [0.3, 0.4) is 0 Å². The van der Waals surface area contributed by atoms with E-state index in [-0.39, 0.29) is 11.0 Å². The van der Waals surface area contributed by atoms with Crippen LogP contribution in [-0.2, 0) is 6.54 Å². The van der Waals surface area contributed by atoms with Crippen molar-refractivity contribution in [3.8, 4) is 17.2 Å². The van der Waals surface area contributed by atoms with Crippen LogP contribution in [0, 0.1) is 0 Å². The molecule has 0 fully saturated rings. The van der Waals surface area contributed by atoms with Gasteiger partial charge in [-0.15, -0.1) is 0 Å². The maximum Gasteiger partial charge on any atom is 0.257 e. The summed E-state index contributed by atoms with van der Waals surface area (Å²) in [7, 11) is 1.59. The molecule has 1 aliphatic heterocycles. The Labute approximate surface area is 154 Å². The van der Waals surface area contributed by atoms with E-state index in [4.69, 9.17) is 14.2 Å². The molecule has 138 valence electrons. The van der Waals surface area contributed by atoms with Gasteiger partial charge in [0.05, 0.1) is 18.0 Å². The summed E-state index contributed by atoms with van der Waals surface area (Å²) in [5, 5.41) is 3.15. The van der Waals surface area contributed by atoms with Gasteiger partial charge in [-0.3, -0.25) is 9.59 Å². The average Bonchev–Trinajstić information content (AvgIpc) is 2.71. The molecular weight excluding hydrogens is 348 g/mol. The number of hydrogen-bond donors (Lipinski definition) is 2. The van der Waals surface area contributed by atoms with E-state index in [1.165, 1.54) is 6.20 Å². The topological polar surface area (TPSA) is 89.7 Å². The quantitative estimate of drug-likeness (QED) is 0.739. The molecule has 0 saturated carbocycles. The Bertz CT molecular complexity index is 1060. The molecular formula is C20H18N2O5. The van der Waals surface area contributed by atoms with Crippen LogP contribution in [0.25, 0.3) is 10.9 Å². The first kappa shape index (κ1) is 17.0. The van der Waals surface area contributed by atoms with Gasteiger partial charge in [-0.2, -0.15) is 0 Å². The fourth-order valence-corrected chi connectivity index (χ4v) is 2.95. The summed E-state index contributed by atoms with van der Waals surface area (Å²) in [5.74, 6) is 1.39. The number of benzene rings is 2. The maximum absolute atomic E-state index is 12.8. The zero-order valence-electron chi connectivity index (χ0n) is 14.7. The molecule has 0 saturated heterocycles. The van der Waals surface area contributed by atoms with Gasteiger partial charge in [0.15, 0.2) is 11.5 Å². The van der Waals surface area contributed by atoms with E-state index in [1.54, 1.807) is 19.2 Å². The van der Waals surface area contributed by atoms with Crippen LogP contribution in [0.4, 0.5) is 0 Å². The van der Waals surface area contributed by atoms with Crippen LogP contribution in [0.15, 0.2) is 47.4 Å². The molecule has 0 aliphatic carbocycles. The minimum atomic E-state index is -0.441. The molecule has 1 aliphatic rings. The molecule has 4 rings (SSSR count). The molecule has 2 N–H and O–H groups in total. The van der Waals surface area contributed by atoms with Crippen LogP contribution >= 0.6 is 0 Å². The number of nitrogens with one attached hydrogen (secondary N) is 2. The Hall–Kier alpha value is -3.48. The molecule has 0 bridgehead atoms. The number of hydrogen-bond acceptors (Lipinski definition) is 5. The molecule has 0 spiro atoms. The van der Waals surface area contributed by atoms with Crippen molar-refractivity contribution < 1.29 is 19.0 Å². The van der Waals surface area contributed by atoms with Gasteiger partial charge < -0.3 is 24.5 Å². The van der Waals surface area contributed by atoms with Gasteiger partial charge in [-0.25, -0.2) is 0 Å². The molecule has 1 aromatic heterocycles. The third-order valence-corrected chi connectivity index (χ3v) is 4.40. The number of carbonyl (C=O) groups is 1. The number of ether oxygens (including phenoxy) is 3. The second-order valence-corrected chi connectivity index (χ2v) is 6.10. The number of rotatable bonds is 4. The lowest BCUT2D eigenvalue weighted by Gasteiger charge is -2.18. The highest BCUT2D eigenvalue weighted by Crippen LogP contribution is 2.32. The predicted molar refractivity (Wildman–Crippen MR) is 99.7 cm³/mol. The van der Waals surface area contributed by atoms with Crippen molar-refractivity contribution >= 4 is 16.8 Å². The zero-order valence-corrected chi connectivity index (χ0v) is 14.7. The summed E-state index contributed by atoms with van der Waals surface area (Å²) in [6.07, 6.45) is 1.42. The van der Waals surface area contributed by atoms with Crippen LogP contribution in [0.2, 0.25) is 0 Å². The molecule has 3 aromatic rings. The Balaban J connectivity index is 1.57. The Morgan fingerprint density at radius 2 is 1.85 bits per heavy atom. The molecule has 2 heterocycles. The minimum Gasteiger partial charge on any atom is -0.497 e. The van der Waals surface area contributed by atoms with Gasteiger partial charge in [0.25, 0.3) is 5.91 Å². The van der Waals surface area contributed by atoms with Gasteiger partial charge in [0.1, 0.15) is 24.5 Å². The zero-order chi connectivity index (χ0) is 18.8. The number of H-pyrrole nitrogens is 1. The van der Waals surface area contributed by atoms with Crippen molar-refractivity contribution in [1.82, 2.24) is 10.3 Å². The monoisotopic (exact) mass is 366 g/mol. The Morgan fingerprint density at radius 1 is 1.15 bits per heavy atom. The van der Waals surface area contributed by atoms with Crippen LogP contribution in [-0.4, -0.2) is 31.2 Å². The number of aromatic nitrogens is 1. The first-order valence-electron chi connectivity index (χ1n) is 8.52. The molecule has 2 aromatic carbocycles. The maximum atomic E-state index is 12.8. The third-order valence-electron chi connectivity index (χ3n) is 4.40.